The van der Waals surface area contributed by atoms with Gasteiger partial charge in [0.25, 0.3) is 0 Å². The van der Waals surface area contributed by atoms with Gasteiger partial charge in [0.1, 0.15) is 0 Å². The van der Waals surface area contributed by atoms with E-state index in [1.807, 2.05) is 56.3 Å². The lowest BCUT2D eigenvalue weighted by Gasteiger charge is -2.12. The number of nitrogens with one attached hydrogen (secondary N) is 1. The Morgan fingerprint density at radius 1 is 1.11 bits per heavy atom. The Morgan fingerprint density at radius 3 is 2.59 bits per heavy atom. The van der Waals surface area contributed by atoms with Crippen molar-refractivity contribution in [1.82, 2.24) is 5.32 Å². The van der Waals surface area contributed by atoms with E-state index in [1.54, 1.807) is 0 Å². The smallest absolute Gasteiger partial charge is 0.223 e. The number of hydrogen-bond donors (Lipinski definition) is 1. The summed E-state index contributed by atoms with van der Waals surface area (Å²) in [6, 6.07) is 13.7. The van der Waals surface area contributed by atoms with Crippen molar-refractivity contribution in [2.75, 3.05) is 19.8 Å². The van der Waals surface area contributed by atoms with Crippen molar-refractivity contribution in [3.8, 4) is 11.5 Å². The predicted octanol–water partition coefficient (Wildman–Crippen LogP) is 4.60. The number of halogens is 1. The highest BCUT2D eigenvalue weighted by Crippen LogP contribution is 2.49. The molecule has 27 heavy (non-hydrogen) atoms. The van der Waals surface area contributed by atoms with Crippen LogP contribution < -0.4 is 14.8 Å². The number of ether oxygens (including phenoxy) is 2. The van der Waals surface area contributed by atoms with E-state index in [-0.39, 0.29) is 17.7 Å². The van der Waals surface area contributed by atoms with Crippen LogP contribution in [0.1, 0.15) is 37.3 Å². The van der Waals surface area contributed by atoms with E-state index in [1.165, 1.54) is 0 Å². The number of carbonyl (C=O) groups excluding carboxylic acids is 1. The summed E-state index contributed by atoms with van der Waals surface area (Å²) in [7, 11) is 0. The van der Waals surface area contributed by atoms with Crippen molar-refractivity contribution in [3.63, 3.8) is 0 Å². The first kappa shape index (κ1) is 19.6. The van der Waals surface area contributed by atoms with E-state index < -0.39 is 0 Å². The number of carbonyl (C=O) groups is 1. The standard InChI is InChI=1S/C22H26ClNO3/c1-3-26-20-10-9-15(13-21(20)27-4-2)11-12-24-22(25)18-14-17(18)16-7-5-6-8-19(16)23/h5-10,13,17-18H,3-4,11-12,14H2,1-2H3,(H,24,25). The summed E-state index contributed by atoms with van der Waals surface area (Å²) in [5.41, 5.74) is 2.19. The van der Waals surface area contributed by atoms with Crippen molar-refractivity contribution >= 4 is 17.5 Å². The molecule has 144 valence electrons. The van der Waals surface area contributed by atoms with Crippen LogP contribution in [-0.2, 0) is 11.2 Å². The molecule has 0 aliphatic heterocycles. The topological polar surface area (TPSA) is 47.6 Å². The maximum atomic E-state index is 12.4. The minimum atomic E-state index is 0.0317. The van der Waals surface area contributed by atoms with E-state index in [4.69, 9.17) is 21.1 Å². The van der Waals surface area contributed by atoms with E-state index in [0.717, 1.165) is 40.5 Å². The van der Waals surface area contributed by atoms with Crippen LogP contribution in [0, 0.1) is 5.92 Å². The maximum Gasteiger partial charge on any atom is 0.223 e. The molecule has 1 amide bonds. The molecule has 1 N–H and O–H groups in total. The van der Waals surface area contributed by atoms with E-state index in [2.05, 4.69) is 5.32 Å². The Labute approximate surface area is 165 Å². The molecule has 0 heterocycles. The second-order valence-electron chi connectivity index (χ2n) is 6.66. The van der Waals surface area contributed by atoms with Gasteiger partial charge in [0.2, 0.25) is 5.91 Å². The lowest BCUT2D eigenvalue weighted by atomic mass is 10.1. The molecule has 2 aromatic rings. The molecule has 0 saturated heterocycles. The van der Waals surface area contributed by atoms with Crippen LogP contribution in [0.15, 0.2) is 42.5 Å². The minimum Gasteiger partial charge on any atom is -0.490 e. The van der Waals surface area contributed by atoms with E-state index in [9.17, 15) is 4.79 Å². The van der Waals surface area contributed by atoms with Crippen LogP contribution >= 0.6 is 11.6 Å². The highest BCUT2D eigenvalue weighted by Gasteiger charge is 2.44. The molecule has 2 atom stereocenters. The summed E-state index contributed by atoms with van der Waals surface area (Å²) in [5.74, 6) is 1.89. The molecule has 0 aromatic heterocycles. The van der Waals surface area contributed by atoms with E-state index in [0.29, 0.717) is 19.8 Å². The molecule has 5 heteroatoms. The molecule has 0 bridgehead atoms. The van der Waals surface area contributed by atoms with Gasteiger partial charge in [-0.3, -0.25) is 4.79 Å². The molecule has 1 saturated carbocycles. The fraction of sp³-hybridized carbons (Fsp3) is 0.409. The second kappa shape index (κ2) is 9.14. The van der Waals surface area contributed by atoms with Gasteiger partial charge in [-0.15, -0.1) is 0 Å². The molecule has 2 aromatic carbocycles. The summed E-state index contributed by atoms with van der Waals surface area (Å²) in [4.78, 5) is 12.4. The van der Waals surface area contributed by atoms with Gasteiger partial charge in [0.05, 0.1) is 13.2 Å². The normalized spacial score (nSPS) is 18.0. The molecular weight excluding hydrogens is 362 g/mol. The van der Waals surface area contributed by atoms with Gasteiger partial charge in [-0.25, -0.2) is 0 Å². The molecule has 2 unspecified atom stereocenters. The third-order valence-corrected chi connectivity index (χ3v) is 5.10. The average molecular weight is 388 g/mol. The average Bonchev–Trinajstić information content (AvgIpc) is 3.45. The molecule has 1 aliphatic rings. The van der Waals surface area contributed by atoms with Crippen LogP contribution in [0.5, 0.6) is 11.5 Å². The number of rotatable bonds is 9. The third-order valence-electron chi connectivity index (χ3n) is 4.75. The van der Waals surface area contributed by atoms with Gasteiger partial charge in [-0.05, 0) is 61.9 Å². The lowest BCUT2D eigenvalue weighted by Crippen LogP contribution is -2.27. The van der Waals surface area contributed by atoms with E-state index >= 15 is 0 Å². The minimum absolute atomic E-state index is 0.0317. The first-order valence-corrected chi connectivity index (χ1v) is 9.92. The first-order chi connectivity index (χ1) is 13.1. The van der Waals surface area contributed by atoms with Gasteiger partial charge < -0.3 is 14.8 Å². The van der Waals surface area contributed by atoms with Gasteiger partial charge >= 0.3 is 0 Å². The summed E-state index contributed by atoms with van der Waals surface area (Å²) >= 11 is 6.24. The third kappa shape index (κ3) is 4.95. The van der Waals surface area contributed by atoms with Crippen LogP contribution in [0.25, 0.3) is 0 Å². The summed E-state index contributed by atoms with van der Waals surface area (Å²) in [6.07, 6.45) is 1.62. The Bertz CT molecular complexity index is 793. The Morgan fingerprint density at radius 2 is 1.85 bits per heavy atom. The SMILES string of the molecule is CCOc1ccc(CCNC(=O)C2CC2c2ccccc2Cl)cc1OCC. The van der Waals surface area contributed by atoms with Crippen molar-refractivity contribution in [3.05, 3.63) is 58.6 Å². The van der Waals surface area contributed by atoms with Crippen molar-refractivity contribution in [2.45, 2.75) is 32.6 Å². The summed E-state index contributed by atoms with van der Waals surface area (Å²) < 4.78 is 11.2. The largest absolute Gasteiger partial charge is 0.490 e. The van der Waals surface area contributed by atoms with Crippen LogP contribution in [0.3, 0.4) is 0 Å². The highest BCUT2D eigenvalue weighted by atomic mass is 35.5. The second-order valence-corrected chi connectivity index (χ2v) is 7.07. The monoisotopic (exact) mass is 387 g/mol. The predicted molar refractivity (Wildman–Crippen MR) is 108 cm³/mol. The zero-order valence-electron chi connectivity index (χ0n) is 15.8. The molecule has 0 spiro atoms. The number of amides is 1. The van der Waals surface area contributed by atoms with Gasteiger partial charge in [-0.1, -0.05) is 35.9 Å². The molecular formula is C22H26ClNO3. The fourth-order valence-electron chi connectivity index (χ4n) is 3.32. The Kier molecular flexibility index (Phi) is 6.62. The molecule has 0 radical (unpaired) electrons. The molecule has 1 aliphatic carbocycles. The number of benzene rings is 2. The summed E-state index contributed by atoms with van der Waals surface area (Å²) in [5, 5.41) is 3.80. The van der Waals surface area contributed by atoms with Crippen molar-refractivity contribution in [2.24, 2.45) is 5.92 Å². The molecule has 4 nitrogen and oxygen atoms in total. The molecule has 1 fully saturated rings. The first-order valence-electron chi connectivity index (χ1n) is 9.54. The van der Waals surface area contributed by atoms with Gasteiger partial charge in [-0.2, -0.15) is 0 Å². The lowest BCUT2D eigenvalue weighted by molar-refractivity contribution is -0.122. The van der Waals surface area contributed by atoms with Crippen molar-refractivity contribution in [1.29, 1.82) is 0 Å². The molecule has 3 rings (SSSR count). The van der Waals surface area contributed by atoms with Gasteiger partial charge in [0, 0.05) is 17.5 Å². The fourth-order valence-corrected chi connectivity index (χ4v) is 3.59. The Balaban J connectivity index is 1.51. The zero-order valence-corrected chi connectivity index (χ0v) is 16.6. The van der Waals surface area contributed by atoms with Crippen LogP contribution in [0.2, 0.25) is 5.02 Å². The highest BCUT2D eigenvalue weighted by molar-refractivity contribution is 6.31. The van der Waals surface area contributed by atoms with Crippen LogP contribution in [-0.4, -0.2) is 25.7 Å². The van der Waals surface area contributed by atoms with Gasteiger partial charge in [0.15, 0.2) is 11.5 Å². The number of hydrogen-bond acceptors (Lipinski definition) is 3. The maximum absolute atomic E-state index is 12.4. The summed E-state index contributed by atoms with van der Waals surface area (Å²) in [6.45, 7) is 5.69. The van der Waals surface area contributed by atoms with Crippen LogP contribution in [0.4, 0.5) is 0 Å². The quantitative estimate of drug-likeness (QED) is 0.684. The Hall–Kier alpha value is -2.20. The zero-order chi connectivity index (χ0) is 19.2. The van der Waals surface area contributed by atoms with Crippen molar-refractivity contribution < 1.29 is 14.3 Å².